The van der Waals surface area contributed by atoms with Crippen LogP contribution in [0.3, 0.4) is 0 Å². The predicted octanol–water partition coefficient (Wildman–Crippen LogP) is 4.82. The van der Waals surface area contributed by atoms with Crippen LogP contribution in [0.5, 0.6) is 0 Å². The number of rotatable bonds is 2. The Morgan fingerprint density at radius 1 is 0.833 bits per heavy atom. The maximum absolute atomic E-state index is 12.2. The maximum Gasteiger partial charge on any atom is 0.349 e. The van der Waals surface area contributed by atoms with Gasteiger partial charge in [0.15, 0.2) is 0 Å². The summed E-state index contributed by atoms with van der Waals surface area (Å²) < 4.78 is 10.9. The minimum Gasteiger partial charge on any atom is -0.422 e. The zero-order valence-corrected chi connectivity index (χ0v) is 13.5. The third-order valence-electron chi connectivity index (χ3n) is 3.45. The summed E-state index contributed by atoms with van der Waals surface area (Å²) in [5.41, 5.74) is 0.611. The predicted molar refractivity (Wildman–Crippen MR) is 91.2 cm³/mol. The molecule has 0 N–H and O–H groups in total. The van der Waals surface area contributed by atoms with Gasteiger partial charge in [0, 0.05) is 10.4 Å². The fraction of sp³-hybridized carbons (Fsp3) is 0. The first-order valence-corrected chi connectivity index (χ1v) is 7.69. The van der Waals surface area contributed by atoms with E-state index in [0.717, 1.165) is 0 Å². The lowest BCUT2D eigenvalue weighted by atomic mass is 10.2. The second-order valence-corrected chi connectivity index (χ2v) is 5.87. The van der Waals surface area contributed by atoms with Gasteiger partial charge in [0.05, 0.1) is 10.6 Å². The summed E-state index contributed by atoms with van der Waals surface area (Å²) in [4.78, 5) is 12.2. The molecule has 0 bridgehead atoms. The minimum atomic E-state index is -0.570. The molecule has 0 fully saturated rings. The molecule has 24 heavy (non-hydrogen) atoms. The van der Waals surface area contributed by atoms with Crippen molar-refractivity contribution in [2.45, 2.75) is 0 Å². The van der Waals surface area contributed by atoms with Crippen LogP contribution in [-0.4, -0.2) is 10.2 Å². The minimum absolute atomic E-state index is 0.0561. The van der Waals surface area contributed by atoms with Crippen LogP contribution in [0.1, 0.15) is 0 Å². The Morgan fingerprint density at radius 3 is 2.38 bits per heavy atom. The van der Waals surface area contributed by atoms with E-state index < -0.39 is 5.63 Å². The summed E-state index contributed by atoms with van der Waals surface area (Å²) in [5.74, 6) is 0.279. The Labute approximate surface area is 145 Å². The highest BCUT2D eigenvalue weighted by atomic mass is 35.5. The van der Waals surface area contributed by atoms with Crippen LogP contribution in [0, 0.1) is 0 Å². The van der Waals surface area contributed by atoms with Crippen molar-refractivity contribution in [3.8, 4) is 22.9 Å². The number of fused-ring (bicyclic) bond motifs is 1. The third kappa shape index (κ3) is 2.58. The van der Waals surface area contributed by atoms with Crippen LogP contribution < -0.4 is 5.63 Å². The van der Waals surface area contributed by atoms with E-state index in [1.54, 1.807) is 48.5 Å². The second kappa shape index (κ2) is 5.78. The van der Waals surface area contributed by atoms with Gasteiger partial charge in [-0.2, -0.15) is 0 Å². The summed E-state index contributed by atoms with van der Waals surface area (Å²) >= 11 is 12.1. The molecule has 0 saturated heterocycles. The number of nitrogens with zero attached hydrogens (tertiary/aromatic N) is 2. The number of aromatic nitrogens is 2. The van der Waals surface area contributed by atoms with E-state index in [0.29, 0.717) is 26.6 Å². The molecular weight excluding hydrogens is 351 g/mol. The molecule has 0 spiro atoms. The van der Waals surface area contributed by atoms with Gasteiger partial charge in [-0.1, -0.05) is 35.3 Å². The van der Waals surface area contributed by atoms with Crippen molar-refractivity contribution in [2.75, 3.05) is 0 Å². The van der Waals surface area contributed by atoms with Crippen molar-refractivity contribution in [3.05, 3.63) is 69.0 Å². The average molecular weight is 359 g/mol. The molecular formula is C17H8Cl2N2O3. The van der Waals surface area contributed by atoms with Crippen LogP contribution in [0.15, 0.2) is 62.2 Å². The molecule has 2 heterocycles. The van der Waals surface area contributed by atoms with Crippen LogP contribution in [0.2, 0.25) is 10.0 Å². The smallest absolute Gasteiger partial charge is 0.349 e. The van der Waals surface area contributed by atoms with E-state index in [2.05, 4.69) is 10.2 Å². The topological polar surface area (TPSA) is 69.1 Å². The molecule has 0 amide bonds. The molecule has 2 aromatic carbocycles. The van der Waals surface area contributed by atoms with E-state index in [1.165, 1.54) is 0 Å². The SMILES string of the molecule is O=c1oc2ccc(Cl)cc2cc1-c1nnc(-c2ccccc2Cl)o1. The van der Waals surface area contributed by atoms with E-state index in [-0.39, 0.29) is 17.3 Å². The summed E-state index contributed by atoms with van der Waals surface area (Å²) in [7, 11) is 0. The van der Waals surface area contributed by atoms with E-state index >= 15 is 0 Å². The molecule has 0 aliphatic rings. The quantitative estimate of drug-likeness (QED) is 0.480. The zero-order valence-electron chi connectivity index (χ0n) is 12.0. The van der Waals surface area contributed by atoms with Crippen molar-refractivity contribution < 1.29 is 8.83 Å². The van der Waals surface area contributed by atoms with Gasteiger partial charge >= 0.3 is 5.63 Å². The standard InChI is InChI=1S/C17H8Cl2N2O3/c18-10-5-6-14-9(7-10)8-12(17(22)23-14)16-21-20-15(24-16)11-3-1-2-4-13(11)19/h1-8H. The van der Waals surface area contributed by atoms with E-state index in [1.807, 2.05) is 0 Å². The van der Waals surface area contributed by atoms with E-state index in [4.69, 9.17) is 32.0 Å². The molecule has 2 aromatic heterocycles. The van der Waals surface area contributed by atoms with E-state index in [9.17, 15) is 4.79 Å². The van der Waals surface area contributed by atoms with Gasteiger partial charge in [-0.05, 0) is 36.4 Å². The normalized spacial score (nSPS) is 11.1. The lowest BCUT2D eigenvalue weighted by molar-refractivity contribution is 0.547. The van der Waals surface area contributed by atoms with Crippen molar-refractivity contribution in [1.82, 2.24) is 10.2 Å². The summed E-state index contributed by atoms with van der Waals surface area (Å²) in [6.45, 7) is 0. The van der Waals surface area contributed by atoms with Crippen molar-refractivity contribution in [3.63, 3.8) is 0 Å². The first kappa shape index (κ1) is 14.9. The average Bonchev–Trinajstić information content (AvgIpc) is 3.04. The molecule has 0 aliphatic heterocycles. The summed E-state index contributed by atoms with van der Waals surface area (Å²) in [6, 6.07) is 13.6. The van der Waals surface area contributed by atoms with Crippen LogP contribution in [-0.2, 0) is 0 Å². The highest BCUT2D eigenvalue weighted by molar-refractivity contribution is 6.33. The highest BCUT2D eigenvalue weighted by Crippen LogP contribution is 2.29. The van der Waals surface area contributed by atoms with Gasteiger partial charge in [0.1, 0.15) is 11.1 Å². The van der Waals surface area contributed by atoms with Crippen molar-refractivity contribution in [1.29, 1.82) is 0 Å². The fourth-order valence-electron chi connectivity index (χ4n) is 2.32. The first-order chi connectivity index (χ1) is 11.6. The molecule has 0 atom stereocenters. The largest absolute Gasteiger partial charge is 0.422 e. The Balaban J connectivity index is 1.85. The van der Waals surface area contributed by atoms with Crippen molar-refractivity contribution in [2.24, 2.45) is 0 Å². The Hall–Kier alpha value is -2.63. The Bertz CT molecular complexity index is 1120. The molecule has 0 saturated carbocycles. The van der Waals surface area contributed by atoms with Crippen LogP contribution >= 0.6 is 23.2 Å². The summed E-state index contributed by atoms with van der Waals surface area (Å²) in [6.07, 6.45) is 0. The van der Waals surface area contributed by atoms with Crippen LogP contribution in [0.25, 0.3) is 33.9 Å². The zero-order chi connectivity index (χ0) is 16.7. The molecule has 0 aliphatic carbocycles. The van der Waals surface area contributed by atoms with Gasteiger partial charge < -0.3 is 8.83 Å². The molecule has 0 unspecified atom stereocenters. The summed E-state index contributed by atoms with van der Waals surface area (Å²) in [5, 5.41) is 9.55. The second-order valence-electron chi connectivity index (χ2n) is 5.02. The number of hydrogen-bond acceptors (Lipinski definition) is 5. The third-order valence-corrected chi connectivity index (χ3v) is 4.02. The van der Waals surface area contributed by atoms with Gasteiger partial charge in [-0.25, -0.2) is 4.79 Å². The number of benzene rings is 2. The Morgan fingerprint density at radius 2 is 1.58 bits per heavy atom. The van der Waals surface area contributed by atoms with Gasteiger partial charge in [-0.15, -0.1) is 10.2 Å². The fourth-order valence-corrected chi connectivity index (χ4v) is 2.72. The highest BCUT2D eigenvalue weighted by Gasteiger charge is 2.17. The van der Waals surface area contributed by atoms with Crippen LogP contribution in [0.4, 0.5) is 0 Å². The van der Waals surface area contributed by atoms with Gasteiger partial charge in [0.2, 0.25) is 5.89 Å². The lowest BCUT2D eigenvalue weighted by Gasteiger charge is -1.99. The molecule has 5 nitrogen and oxygen atoms in total. The Kier molecular flexibility index (Phi) is 3.59. The maximum atomic E-state index is 12.2. The van der Waals surface area contributed by atoms with Crippen molar-refractivity contribution >= 4 is 34.2 Å². The molecule has 4 aromatic rings. The van der Waals surface area contributed by atoms with Gasteiger partial charge in [0.25, 0.3) is 5.89 Å². The number of halogens is 2. The number of hydrogen-bond donors (Lipinski definition) is 0. The molecule has 7 heteroatoms. The lowest BCUT2D eigenvalue weighted by Crippen LogP contribution is -2.02. The van der Waals surface area contributed by atoms with Gasteiger partial charge in [-0.3, -0.25) is 0 Å². The first-order valence-electron chi connectivity index (χ1n) is 6.94. The monoisotopic (exact) mass is 358 g/mol. The molecule has 4 rings (SSSR count). The molecule has 0 radical (unpaired) electrons. The molecule has 118 valence electrons.